The largest absolute Gasteiger partial charge is 0.508 e. The molecule has 0 aromatic carbocycles. The lowest BCUT2D eigenvalue weighted by Crippen LogP contribution is -2.45. The van der Waals surface area contributed by atoms with E-state index in [0.717, 1.165) is 44.9 Å². The summed E-state index contributed by atoms with van der Waals surface area (Å²) in [4.78, 5) is 25.6. The Labute approximate surface area is 168 Å². The van der Waals surface area contributed by atoms with Crippen LogP contribution in [0.25, 0.3) is 0 Å². The van der Waals surface area contributed by atoms with Crippen molar-refractivity contribution in [2.75, 3.05) is 25.9 Å². The van der Waals surface area contributed by atoms with E-state index in [0.29, 0.717) is 44.9 Å². The highest BCUT2D eigenvalue weighted by Gasteiger charge is 2.40. The number of nitrogens with two attached hydrogens (primary N) is 1. The third kappa shape index (κ3) is 9.41. The first kappa shape index (κ1) is 25.0. The number of carbonyl (C=O) groups excluding carboxylic acids is 1. The molecule has 0 aromatic heterocycles. The van der Waals surface area contributed by atoms with E-state index < -0.39 is 26.1 Å². The van der Waals surface area contributed by atoms with Crippen LogP contribution in [0.5, 0.6) is 0 Å². The zero-order valence-electron chi connectivity index (χ0n) is 16.8. The number of aliphatic carboxylic acids is 1. The Morgan fingerprint density at radius 2 is 1.79 bits per heavy atom. The Morgan fingerprint density at radius 3 is 2.43 bits per heavy atom. The van der Waals surface area contributed by atoms with Crippen molar-refractivity contribution in [3.63, 3.8) is 0 Å². The number of carboxylic acids is 1. The summed E-state index contributed by atoms with van der Waals surface area (Å²) in [7, 11) is -1.96. The first-order chi connectivity index (χ1) is 13.5. The molecule has 1 aliphatic heterocycles. The molecule has 2 unspecified atom stereocenters. The highest BCUT2D eigenvalue weighted by Crippen LogP contribution is 2.30. The first-order valence-corrected chi connectivity index (χ1v) is 11.8. The lowest BCUT2D eigenvalue weighted by atomic mass is 10.1. The summed E-state index contributed by atoms with van der Waals surface area (Å²) in [5.74, 6) is -1.37. The molecule has 0 aromatic rings. The van der Waals surface area contributed by atoms with Crippen molar-refractivity contribution >= 4 is 19.9 Å². The molecule has 4 N–H and O–H groups in total. The van der Waals surface area contributed by atoms with Crippen molar-refractivity contribution in [1.29, 1.82) is 0 Å². The van der Waals surface area contributed by atoms with Gasteiger partial charge >= 0.3 is 14.0 Å². The molecule has 8 nitrogen and oxygen atoms in total. The van der Waals surface area contributed by atoms with Crippen LogP contribution >= 0.6 is 8.03 Å². The van der Waals surface area contributed by atoms with Gasteiger partial charge < -0.3 is 20.8 Å². The van der Waals surface area contributed by atoms with Crippen LogP contribution in [0.15, 0.2) is 0 Å². The normalized spacial score (nSPS) is 18.3. The lowest BCUT2D eigenvalue weighted by Gasteiger charge is -2.24. The summed E-state index contributed by atoms with van der Waals surface area (Å²) < 4.78 is 17.9. The van der Waals surface area contributed by atoms with E-state index in [-0.39, 0.29) is 12.5 Å². The van der Waals surface area contributed by atoms with Crippen LogP contribution in [0.3, 0.4) is 0 Å². The molecule has 0 aliphatic carbocycles. The quantitative estimate of drug-likeness (QED) is 0.259. The molecule has 1 saturated heterocycles. The van der Waals surface area contributed by atoms with Crippen molar-refractivity contribution in [2.24, 2.45) is 5.73 Å². The molecule has 1 fully saturated rings. The lowest BCUT2D eigenvalue weighted by molar-refractivity contribution is -0.151. The van der Waals surface area contributed by atoms with Crippen LogP contribution in [0.2, 0.25) is 0 Å². The standard InChI is InChI=1S/C19H35N2O6P/c20-12-6-5-11-17(18(23)21-13-9-10-16(21)19(24)25)27-28(26)15-8-4-2-1-3-7-14-22/h16-17,22H,1-15,20H2/p+1/t16-,17?/m0/s1. The number of likely N-dealkylation sites (tertiary alicyclic amines) is 1. The molecule has 3 atom stereocenters. The topological polar surface area (TPSA) is 130 Å². The number of aliphatic hydroxyl groups is 1. The van der Waals surface area contributed by atoms with Crippen molar-refractivity contribution in [2.45, 2.75) is 82.8 Å². The number of aliphatic hydroxyl groups excluding tert-OH is 1. The molecular weight excluding hydrogens is 383 g/mol. The van der Waals surface area contributed by atoms with Crippen LogP contribution in [0, 0.1) is 0 Å². The van der Waals surface area contributed by atoms with Crippen molar-refractivity contribution in [3.05, 3.63) is 0 Å². The van der Waals surface area contributed by atoms with Gasteiger partial charge in [0.1, 0.15) is 6.04 Å². The summed E-state index contributed by atoms with van der Waals surface area (Å²) >= 11 is 0. The van der Waals surface area contributed by atoms with Gasteiger partial charge in [-0.1, -0.05) is 19.3 Å². The van der Waals surface area contributed by atoms with E-state index in [2.05, 4.69) is 0 Å². The number of hydrogen-bond donors (Lipinski definition) is 3. The maximum Gasteiger partial charge on any atom is 0.508 e. The summed E-state index contributed by atoms with van der Waals surface area (Å²) in [6.45, 7) is 1.13. The molecular formula is C19H36N2O6P+. The molecule has 0 radical (unpaired) electrons. The zero-order chi connectivity index (χ0) is 20.8. The predicted octanol–water partition coefficient (Wildman–Crippen LogP) is 2.65. The van der Waals surface area contributed by atoms with Gasteiger partial charge in [0, 0.05) is 13.2 Å². The maximum absolute atomic E-state index is 12.8. The highest BCUT2D eigenvalue weighted by atomic mass is 31.1. The van der Waals surface area contributed by atoms with Crippen LogP contribution in [-0.2, 0) is 18.7 Å². The van der Waals surface area contributed by atoms with Crippen molar-refractivity contribution in [1.82, 2.24) is 4.90 Å². The molecule has 162 valence electrons. The monoisotopic (exact) mass is 419 g/mol. The third-order valence-electron chi connectivity index (χ3n) is 5.01. The van der Waals surface area contributed by atoms with Gasteiger partial charge in [0.15, 0.2) is 12.3 Å². The fraction of sp³-hybridized carbons (Fsp3) is 0.895. The molecule has 1 rings (SSSR count). The number of carbonyl (C=O) groups is 2. The SMILES string of the molecule is NCCCCC(O[P+](=O)CCCCCCCCO)C(=O)N1CCC[C@H]1C(=O)O. The fourth-order valence-electron chi connectivity index (χ4n) is 3.42. The number of amides is 1. The van der Waals surface area contributed by atoms with Gasteiger partial charge in [0.25, 0.3) is 5.91 Å². The third-order valence-corrected chi connectivity index (χ3v) is 6.18. The van der Waals surface area contributed by atoms with Gasteiger partial charge in [-0.25, -0.2) is 4.79 Å². The van der Waals surface area contributed by atoms with Crippen LogP contribution in [-0.4, -0.2) is 65.0 Å². The van der Waals surface area contributed by atoms with E-state index in [9.17, 15) is 19.3 Å². The average molecular weight is 419 g/mol. The van der Waals surface area contributed by atoms with Crippen LogP contribution < -0.4 is 5.73 Å². The van der Waals surface area contributed by atoms with E-state index in [1.807, 2.05) is 0 Å². The summed E-state index contributed by atoms with van der Waals surface area (Å²) in [5, 5.41) is 18.1. The van der Waals surface area contributed by atoms with Gasteiger partial charge in [0.2, 0.25) is 0 Å². The summed E-state index contributed by atoms with van der Waals surface area (Å²) in [5.41, 5.74) is 5.52. The minimum absolute atomic E-state index is 0.221. The second-order valence-electron chi connectivity index (χ2n) is 7.31. The molecule has 1 aliphatic rings. The average Bonchev–Trinajstić information content (AvgIpc) is 3.16. The van der Waals surface area contributed by atoms with E-state index in [4.69, 9.17) is 15.4 Å². The molecule has 9 heteroatoms. The Morgan fingerprint density at radius 1 is 1.11 bits per heavy atom. The Bertz CT molecular complexity index is 491. The number of rotatable bonds is 16. The van der Waals surface area contributed by atoms with Gasteiger partial charge in [0.05, 0.1) is 0 Å². The van der Waals surface area contributed by atoms with Gasteiger partial charge in [-0.3, -0.25) is 4.79 Å². The second kappa shape index (κ2) is 14.9. The van der Waals surface area contributed by atoms with Gasteiger partial charge in [-0.2, -0.15) is 0 Å². The van der Waals surface area contributed by atoms with Crippen LogP contribution in [0.4, 0.5) is 0 Å². The van der Waals surface area contributed by atoms with Crippen LogP contribution in [0.1, 0.15) is 70.6 Å². The molecule has 0 bridgehead atoms. The smallest absolute Gasteiger partial charge is 0.480 e. The predicted molar refractivity (Wildman–Crippen MR) is 107 cm³/mol. The van der Waals surface area contributed by atoms with Gasteiger partial charge in [-0.05, 0) is 62.5 Å². The van der Waals surface area contributed by atoms with Crippen molar-refractivity contribution < 1.29 is 28.9 Å². The Balaban J connectivity index is 2.48. The molecule has 0 spiro atoms. The minimum atomic E-state index is -1.96. The number of carboxylic acid groups (broad SMARTS) is 1. The van der Waals surface area contributed by atoms with E-state index in [1.54, 1.807) is 0 Å². The molecule has 1 heterocycles. The Kier molecular flexibility index (Phi) is 13.2. The summed E-state index contributed by atoms with van der Waals surface area (Å²) in [6.07, 6.45) is 8.04. The zero-order valence-corrected chi connectivity index (χ0v) is 17.7. The van der Waals surface area contributed by atoms with Gasteiger partial charge in [-0.15, -0.1) is 4.52 Å². The molecule has 0 saturated carbocycles. The molecule has 1 amide bonds. The number of hydrogen-bond acceptors (Lipinski definition) is 6. The van der Waals surface area contributed by atoms with E-state index >= 15 is 0 Å². The fourth-order valence-corrected chi connectivity index (χ4v) is 4.49. The summed E-state index contributed by atoms with van der Waals surface area (Å²) in [6, 6.07) is -0.815. The minimum Gasteiger partial charge on any atom is -0.480 e. The van der Waals surface area contributed by atoms with E-state index in [1.165, 1.54) is 4.90 Å². The second-order valence-corrected chi connectivity index (χ2v) is 8.63. The highest BCUT2D eigenvalue weighted by molar-refractivity contribution is 7.39. The maximum atomic E-state index is 12.8. The number of nitrogens with zero attached hydrogens (tertiary/aromatic N) is 1. The first-order valence-electron chi connectivity index (χ1n) is 10.5. The Hall–Kier alpha value is -1.08. The van der Waals surface area contributed by atoms with Crippen molar-refractivity contribution in [3.8, 4) is 0 Å². The number of unbranched alkanes of at least 4 members (excludes halogenated alkanes) is 6. The molecule has 28 heavy (non-hydrogen) atoms.